The first-order valence-corrected chi connectivity index (χ1v) is 7.89. The van der Waals surface area contributed by atoms with E-state index in [0.29, 0.717) is 6.54 Å². The van der Waals surface area contributed by atoms with Gasteiger partial charge in [-0.15, -0.1) is 11.8 Å². The lowest BCUT2D eigenvalue weighted by Crippen LogP contribution is -2.27. The highest BCUT2D eigenvalue weighted by Gasteiger charge is 2.29. The number of thioether (sulfide) groups is 1. The summed E-state index contributed by atoms with van der Waals surface area (Å²) in [6, 6.07) is 6.13. The second-order valence-electron chi connectivity index (χ2n) is 5.40. The molecular formula is C15H18N2O2S. The van der Waals surface area contributed by atoms with Crippen molar-refractivity contribution in [2.24, 2.45) is 5.92 Å². The fraction of sp³-hybridized carbons (Fsp3) is 0.467. The van der Waals surface area contributed by atoms with Crippen LogP contribution in [0.3, 0.4) is 0 Å². The molecule has 4 nitrogen and oxygen atoms in total. The number of benzene rings is 1. The number of rotatable bonds is 4. The van der Waals surface area contributed by atoms with Crippen LogP contribution in [0.4, 0.5) is 5.69 Å². The predicted molar refractivity (Wildman–Crippen MR) is 79.8 cm³/mol. The maximum atomic E-state index is 11.7. The van der Waals surface area contributed by atoms with E-state index in [2.05, 4.69) is 16.7 Å². The molecule has 0 spiro atoms. The first-order chi connectivity index (χ1) is 9.63. The molecule has 1 unspecified atom stereocenters. The van der Waals surface area contributed by atoms with E-state index in [0.717, 1.165) is 35.4 Å². The van der Waals surface area contributed by atoms with Gasteiger partial charge in [0.15, 0.2) is 0 Å². The largest absolute Gasteiger partial charge is 0.356 e. The van der Waals surface area contributed by atoms with Crippen LogP contribution in [0.15, 0.2) is 23.1 Å². The molecule has 0 radical (unpaired) electrons. The van der Waals surface area contributed by atoms with Crippen LogP contribution >= 0.6 is 11.8 Å². The van der Waals surface area contributed by atoms with Gasteiger partial charge >= 0.3 is 0 Å². The molecule has 0 saturated heterocycles. The fourth-order valence-corrected chi connectivity index (χ4v) is 3.16. The van der Waals surface area contributed by atoms with E-state index in [4.69, 9.17) is 0 Å². The number of amides is 2. The highest BCUT2D eigenvalue weighted by Crippen LogP contribution is 2.36. The van der Waals surface area contributed by atoms with Gasteiger partial charge in [-0.3, -0.25) is 9.59 Å². The van der Waals surface area contributed by atoms with Crippen molar-refractivity contribution < 1.29 is 9.59 Å². The van der Waals surface area contributed by atoms with Crippen molar-refractivity contribution in [3.63, 3.8) is 0 Å². The molecule has 1 heterocycles. The van der Waals surface area contributed by atoms with Gasteiger partial charge in [-0.25, -0.2) is 0 Å². The molecule has 20 heavy (non-hydrogen) atoms. The number of carbonyl (C=O) groups excluding carboxylic acids is 2. The highest BCUT2D eigenvalue weighted by molar-refractivity contribution is 8.00. The Morgan fingerprint density at radius 2 is 2.25 bits per heavy atom. The third-order valence-corrected chi connectivity index (χ3v) is 4.81. The fourth-order valence-electron chi connectivity index (χ4n) is 2.23. The summed E-state index contributed by atoms with van der Waals surface area (Å²) in [7, 11) is 0. The van der Waals surface area contributed by atoms with Gasteiger partial charge < -0.3 is 10.6 Å². The summed E-state index contributed by atoms with van der Waals surface area (Å²) in [5.74, 6) is 0.498. The minimum atomic E-state index is -0.0359. The molecule has 1 aromatic rings. The standard InChI is InChI=1S/C15H18N2O2S/c1-9-14(18)17-12-8-10(2-5-13(12)20-9)6-7-16-15(19)11-3-4-11/h2,5,8-9,11H,3-4,6-7H2,1H3,(H,16,19)(H,17,18). The molecule has 2 amide bonds. The Morgan fingerprint density at radius 1 is 1.45 bits per heavy atom. The minimum absolute atomic E-state index is 0.0359. The first-order valence-electron chi connectivity index (χ1n) is 7.01. The molecule has 1 atom stereocenters. The van der Waals surface area contributed by atoms with Gasteiger partial charge in [-0.05, 0) is 43.9 Å². The molecule has 5 heteroatoms. The Balaban J connectivity index is 1.59. The quantitative estimate of drug-likeness (QED) is 0.893. The topological polar surface area (TPSA) is 58.2 Å². The smallest absolute Gasteiger partial charge is 0.237 e. The molecule has 106 valence electrons. The molecule has 1 fully saturated rings. The third-order valence-electron chi connectivity index (χ3n) is 3.64. The van der Waals surface area contributed by atoms with Gasteiger partial charge in [0.25, 0.3) is 0 Å². The number of fused-ring (bicyclic) bond motifs is 1. The molecule has 1 aromatic carbocycles. The Labute approximate surface area is 122 Å². The molecule has 2 aliphatic rings. The summed E-state index contributed by atoms with van der Waals surface area (Å²) in [6.45, 7) is 2.57. The van der Waals surface area contributed by atoms with E-state index in [1.807, 2.05) is 19.1 Å². The summed E-state index contributed by atoms with van der Waals surface area (Å²) in [6.07, 6.45) is 2.86. The van der Waals surface area contributed by atoms with Crippen LogP contribution in [0, 0.1) is 5.92 Å². The number of carbonyl (C=O) groups is 2. The normalized spacial score (nSPS) is 21.1. The Bertz CT molecular complexity index is 555. The van der Waals surface area contributed by atoms with E-state index >= 15 is 0 Å². The van der Waals surface area contributed by atoms with E-state index < -0.39 is 0 Å². The molecule has 1 aliphatic carbocycles. The van der Waals surface area contributed by atoms with Gasteiger partial charge in [0.1, 0.15) is 0 Å². The Kier molecular flexibility index (Phi) is 3.70. The maximum absolute atomic E-state index is 11.7. The molecule has 1 aliphatic heterocycles. The van der Waals surface area contributed by atoms with Crippen molar-refractivity contribution in [2.45, 2.75) is 36.3 Å². The van der Waals surface area contributed by atoms with Gasteiger partial charge in [0, 0.05) is 17.4 Å². The second kappa shape index (κ2) is 5.48. The first kappa shape index (κ1) is 13.5. The summed E-state index contributed by atoms with van der Waals surface area (Å²) < 4.78 is 0. The minimum Gasteiger partial charge on any atom is -0.356 e. The predicted octanol–water partition coefficient (Wildman–Crippen LogP) is 2.19. The average molecular weight is 290 g/mol. The van der Waals surface area contributed by atoms with E-state index in [1.54, 1.807) is 11.8 Å². The van der Waals surface area contributed by atoms with Crippen molar-refractivity contribution in [3.05, 3.63) is 23.8 Å². The Hall–Kier alpha value is -1.49. The van der Waals surface area contributed by atoms with Gasteiger partial charge in [0.05, 0.1) is 10.9 Å². The maximum Gasteiger partial charge on any atom is 0.237 e. The van der Waals surface area contributed by atoms with Gasteiger partial charge in [-0.2, -0.15) is 0 Å². The van der Waals surface area contributed by atoms with Crippen LogP contribution in [0.2, 0.25) is 0 Å². The van der Waals surface area contributed by atoms with Crippen molar-refractivity contribution in [1.82, 2.24) is 5.32 Å². The number of nitrogens with one attached hydrogen (secondary N) is 2. The molecular weight excluding hydrogens is 272 g/mol. The number of hydrogen-bond donors (Lipinski definition) is 2. The van der Waals surface area contributed by atoms with Gasteiger partial charge in [-0.1, -0.05) is 6.07 Å². The van der Waals surface area contributed by atoms with Crippen LogP contribution in [0.1, 0.15) is 25.3 Å². The summed E-state index contributed by atoms with van der Waals surface area (Å²) in [4.78, 5) is 24.3. The third kappa shape index (κ3) is 2.98. The van der Waals surface area contributed by atoms with Crippen LogP contribution in [-0.2, 0) is 16.0 Å². The zero-order valence-corrected chi connectivity index (χ0v) is 12.3. The lowest BCUT2D eigenvalue weighted by molar-refractivity contribution is -0.122. The lowest BCUT2D eigenvalue weighted by Gasteiger charge is -2.21. The molecule has 0 aromatic heterocycles. The number of anilines is 1. The lowest BCUT2D eigenvalue weighted by atomic mass is 10.1. The summed E-state index contributed by atoms with van der Waals surface area (Å²) in [5, 5.41) is 5.85. The summed E-state index contributed by atoms with van der Waals surface area (Å²) in [5.41, 5.74) is 2.03. The average Bonchev–Trinajstić information content (AvgIpc) is 3.24. The Morgan fingerprint density at radius 3 is 3.00 bits per heavy atom. The van der Waals surface area contributed by atoms with E-state index in [1.165, 1.54) is 0 Å². The molecule has 0 bridgehead atoms. The van der Waals surface area contributed by atoms with Crippen molar-refractivity contribution in [1.29, 1.82) is 0 Å². The van der Waals surface area contributed by atoms with Crippen molar-refractivity contribution >= 4 is 29.3 Å². The SMILES string of the molecule is CC1Sc2ccc(CCNC(=O)C3CC3)cc2NC1=O. The summed E-state index contributed by atoms with van der Waals surface area (Å²) >= 11 is 1.59. The zero-order valence-electron chi connectivity index (χ0n) is 11.4. The van der Waals surface area contributed by atoms with E-state index in [9.17, 15) is 9.59 Å². The van der Waals surface area contributed by atoms with Crippen LogP contribution in [0.25, 0.3) is 0 Å². The van der Waals surface area contributed by atoms with Crippen LogP contribution < -0.4 is 10.6 Å². The van der Waals surface area contributed by atoms with Crippen molar-refractivity contribution in [3.8, 4) is 0 Å². The van der Waals surface area contributed by atoms with Crippen molar-refractivity contribution in [2.75, 3.05) is 11.9 Å². The molecule has 1 saturated carbocycles. The van der Waals surface area contributed by atoms with Gasteiger partial charge in [0.2, 0.25) is 11.8 Å². The molecule has 2 N–H and O–H groups in total. The zero-order chi connectivity index (χ0) is 14.1. The molecule has 3 rings (SSSR count). The monoisotopic (exact) mass is 290 g/mol. The van der Waals surface area contributed by atoms with Crippen LogP contribution in [-0.4, -0.2) is 23.6 Å². The number of hydrogen-bond acceptors (Lipinski definition) is 3. The van der Waals surface area contributed by atoms with E-state index in [-0.39, 0.29) is 23.0 Å². The second-order valence-corrected chi connectivity index (χ2v) is 6.78. The van der Waals surface area contributed by atoms with Crippen LogP contribution in [0.5, 0.6) is 0 Å². The highest BCUT2D eigenvalue weighted by atomic mass is 32.2.